The maximum atomic E-state index is 14.6. The van der Waals surface area contributed by atoms with Crippen molar-refractivity contribution in [3.05, 3.63) is 89.2 Å². The number of halogens is 1. The smallest absolute Gasteiger partial charge is 0.216 e. The minimum atomic E-state index is -0.742. The maximum Gasteiger partial charge on any atom is 0.216 e. The number of aromatic hydroxyl groups is 1. The van der Waals surface area contributed by atoms with E-state index < -0.39 is 6.23 Å². The van der Waals surface area contributed by atoms with E-state index in [1.165, 1.54) is 6.07 Å². The molecule has 1 N–H and O–H groups in total. The summed E-state index contributed by atoms with van der Waals surface area (Å²) in [6.45, 7) is 0. The Labute approximate surface area is 167 Å². The summed E-state index contributed by atoms with van der Waals surface area (Å²) in [5, 5.41) is 16.8. The summed E-state index contributed by atoms with van der Waals surface area (Å²) in [5.41, 5.74) is 2.72. The van der Waals surface area contributed by atoms with E-state index in [4.69, 9.17) is 14.6 Å². The van der Waals surface area contributed by atoms with Gasteiger partial charge in [0.15, 0.2) is 11.5 Å². The van der Waals surface area contributed by atoms with E-state index in [0.717, 1.165) is 11.3 Å². The van der Waals surface area contributed by atoms with Gasteiger partial charge in [0, 0.05) is 17.5 Å². The Balaban J connectivity index is 1.66. The Morgan fingerprint density at radius 2 is 1.79 bits per heavy atom. The topological polar surface area (TPSA) is 54.3 Å². The van der Waals surface area contributed by atoms with Gasteiger partial charge in [-0.25, -0.2) is 9.40 Å². The zero-order valence-corrected chi connectivity index (χ0v) is 15.7. The van der Waals surface area contributed by atoms with Crippen LogP contribution in [-0.2, 0) is 0 Å². The number of hydrogen-bond donors (Lipinski definition) is 1. The van der Waals surface area contributed by atoms with Crippen molar-refractivity contribution in [2.24, 2.45) is 5.10 Å². The number of methoxy groups -OCH3 is 1. The van der Waals surface area contributed by atoms with Crippen molar-refractivity contribution in [3.8, 4) is 17.2 Å². The van der Waals surface area contributed by atoms with Crippen LogP contribution in [0.25, 0.3) is 0 Å². The van der Waals surface area contributed by atoms with Crippen LogP contribution in [0, 0.1) is 5.82 Å². The quantitative estimate of drug-likeness (QED) is 0.699. The molecule has 0 saturated carbocycles. The molecular weight excluding hydrogens is 371 g/mol. The third-order valence-electron chi connectivity index (χ3n) is 5.39. The molecule has 5 rings (SSSR count). The van der Waals surface area contributed by atoms with Gasteiger partial charge < -0.3 is 14.6 Å². The van der Waals surface area contributed by atoms with Gasteiger partial charge in [0.25, 0.3) is 0 Å². The van der Waals surface area contributed by atoms with Gasteiger partial charge in [-0.2, -0.15) is 5.10 Å². The highest BCUT2D eigenvalue weighted by Gasteiger charge is 2.43. The lowest BCUT2D eigenvalue weighted by atomic mass is 9.95. The van der Waals surface area contributed by atoms with Crippen LogP contribution in [-0.4, -0.2) is 22.9 Å². The predicted molar refractivity (Wildman–Crippen MR) is 107 cm³/mol. The van der Waals surface area contributed by atoms with Crippen LogP contribution in [0.5, 0.6) is 17.2 Å². The largest absolute Gasteiger partial charge is 0.507 e. The number of phenolic OH excluding ortho intramolecular Hbond substituents is 1. The number of nitrogens with zero attached hydrogens (tertiary/aromatic N) is 2. The molecule has 0 bridgehead atoms. The lowest BCUT2D eigenvalue weighted by Gasteiger charge is -2.38. The third kappa shape index (κ3) is 2.79. The Morgan fingerprint density at radius 3 is 2.59 bits per heavy atom. The van der Waals surface area contributed by atoms with Gasteiger partial charge in [-0.1, -0.05) is 42.5 Å². The van der Waals surface area contributed by atoms with Crippen molar-refractivity contribution >= 4 is 5.71 Å². The molecule has 3 aromatic rings. The van der Waals surface area contributed by atoms with Crippen LogP contribution in [0.3, 0.4) is 0 Å². The fourth-order valence-corrected chi connectivity index (χ4v) is 4.01. The number of benzene rings is 3. The molecule has 6 heteroatoms. The van der Waals surface area contributed by atoms with E-state index in [1.807, 2.05) is 30.3 Å². The molecule has 2 aliphatic heterocycles. The van der Waals surface area contributed by atoms with Gasteiger partial charge in [0.1, 0.15) is 11.6 Å². The second-order valence-electron chi connectivity index (χ2n) is 7.03. The number of para-hydroxylation sites is 2. The molecule has 0 fully saturated rings. The second kappa shape index (κ2) is 6.81. The Hall–Kier alpha value is -3.54. The Bertz CT molecular complexity index is 1110. The Morgan fingerprint density at radius 1 is 1.03 bits per heavy atom. The highest BCUT2D eigenvalue weighted by Crippen LogP contribution is 2.51. The van der Waals surface area contributed by atoms with Gasteiger partial charge in [-0.15, -0.1) is 0 Å². The molecule has 146 valence electrons. The first-order chi connectivity index (χ1) is 14.2. The molecule has 0 radical (unpaired) electrons. The van der Waals surface area contributed by atoms with Crippen LogP contribution in [0.2, 0.25) is 0 Å². The molecule has 2 atom stereocenters. The number of hydrazone groups is 1. The number of ether oxygens (including phenoxy) is 2. The number of fused-ring (bicyclic) bond motifs is 3. The molecule has 0 unspecified atom stereocenters. The van der Waals surface area contributed by atoms with Crippen molar-refractivity contribution in [1.29, 1.82) is 0 Å². The van der Waals surface area contributed by atoms with Gasteiger partial charge in [-0.3, -0.25) is 0 Å². The van der Waals surface area contributed by atoms with Crippen molar-refractivity contribution in [1.82, 2.24) is 5.01 Å². The fourth-order valence-electron chi connectivity index (χ4n) is 4.01. The highest BCUT2D eigenvalue weighted by atomic mass is 19.1. The van der Waals surface area contributed by atoms with Crippen LogP contribution in [0.1, 0.15) is 35.4 Å². The number of rotatable bonds is 3. The summed E-state index contributed by atoms with van der Waals surface area (Å²) < 4.78 is 26.4. The monoisotopic (exact) mass is 390 g/mol. The zero-order valence-electron chi connectivity index (χ0n) is 15.7. The number of phenols is 1. The lowest BCUT2D eigenvalue weighted by molar-refractivity contribution is -0.0230. The molecule has 29 heavy (non-hydrogen) atoms. The maximum absolute atomic E-state index is 14.6. The van der Waals surface area contributed by atoms with E-state index >= 15 is 0 Å². The van der Waals surface area contributed by atoms with Crippen molar-refractivity contribution in [3.63, 3.8) is 0 Å². The summed E-state index contributed by atoms with van der Waals surface area (Å²) in [4.78, 5) is 0. The van der Waals surface area contributed by atoms with Gasteiger partial charge in [0.05, 0.1) is 24.4 Å². The van der Waals surface area contributed by atoms with Crippen molar-refractivity contribution in [2.75, 3.05) is 7.11 Å². The molecule has 2 heterocycles. The van der Waals surface area contributed by atoms with Crippen molar-refractivity contribution in [2.45, 2.75) is 18.7 Å². The summed E-state index contributed by atoms with van der Waals surface area (Å²) in [5.74, 6) is 0.999. The zero-order chi connectivity index (χ0) is 20.0. The van der Waals surface area contributed by atoms with E-state index in [0.29, 0.717) is 29.0 Å². The van der Waals surface area contributed by atoms with Crippen LogP contribution < -0.4 is 9.47 Å². The van der Waals surface area contributed by atoms with Gasteiger partial charge in [0.2, 0.25) is 6.23 Å². The molecular formula is C23H19FN2O3. The third-order valence-corrected chi connectivity index (χ3v) is 5.39. The van der Waals surface area contributed by atoms with E-state index in [-0.39, 0.29) is 17.6 Å². The summed E-state index contributed by atoms with van der Waals surface area (Å²) in [6.07, 6.45) is -0.181. The minimum Gasteiger partial charge on any atom is -0.507 e. The molecule has 5 nitrogen and oxygen atoms in total. The minimum absolute atomic E-state index is 0.159. The summed E-state index contributed by atoms with van der Waals surface area (Å²) in [7, 11) is 1.59. The molecule has 2 aliphatic rings. The molecule has 0 saturated heterocycles. The van der Waals surface area contributed by atoms with E-state index in [2.05, 4.69) is 0 Å². The average Bonchev–Trinajstić information content (AvgIpc) is 3.19. The first kappa shape index (κ1) is 17.6. The number of hydrogen-bond acceptors (Lipinski definition) is 5. The fraction of sp³-hybridized carbons (Fsp3) is 0.174. The summed E-state index contributed by atoms with van der Waals surface area (Å²) in [6, 6.07) is 19.2. The lowest BCUT2D eigenvalue weighted by Crippen LogP contribution is -2.34. The van der Waals surface area contributed by atoms with Crippen molar-refractivity contribution < 1.29 is 19.0 Å². The molecule has 0 spiro atoms. The molecule has 0 amide bonds. The molecule has 0 aromatic heterocycles. The average molecular weight is 390 g/mol. The normalized spacial score (nSPS) is 19.8. The Kier molecular flexibility index (Phi) is 4.12. The predicted octanol–water partition coefficient (Wildman–Crippen LogP) is 4.78. The molecule has 0 aliphatic carbocycles. The highest BCUT2D eigenvalue weighted by molar-refractivity contribution is 6.04. The van der Waals surface area contributed by atoms with Gasteiger partial charge in [-0.05, 0) is 24.3 Å². The SMILES string of the molecule is COc1cccc2c1O[C@H](c1ccccc1F)N1N=C(c3ccccc3O)C[C@@H]21. The first-order valence-electron chi connectivity index (χ1n) is 9.39. The van der Waals surface area contributed by atoms with Crippen LogP contribution in [0.15, 0.2) is 71.8 Å². The first-order valence-corrected chi connectivity index (χ1v) is 9.39. The van der Waals surface area contributed by atoms with Gasteiger partial charge >= 0.3 is 0 Å². The van der Waals surface area contributed by atoms with E-state index in [9.17, 15) is 9.50 Å². The standard InChI is InChI=1S/C23H19FN2O3/c1-28-21-12-6-9-16-19-13-18(15-8-3-5-11-20(15)27)25-26(19)23(29-22(16)21)14-7-2-4-10-17(14)24/h2-12,19,23,27H,13H2,1H3/t19-,23+/m0/s1. The van der Waals surface area contributed by atoms with Crippen LogP contribution >= 0.6 is 0 Å². The molecule has 3 aromatic carbocycles. The van der Waals surface area contributed by atoms with E-state index in [1.54, 1.807) is 42.5 Å². The van der Waals surface area contributed by atoms with Crippen LogP contribution in [0.4, 0.5) is 4.39 Å². The summed E-state index contributed by atoms with van der Waals surface area (Å²) >= 11 is 0. The second-order valence-corrected chi connectivity index (χ2v) is 7.03.